The molecule has 1 aliphatic heterocycles. The Labute approximate surface area is 178 Å². The van der Waals surface area contributed by atoms with Crippen molar-refractivity contribution in [3.8, 4) is 0 Å². The Bertz CT molecular complexity index is 949. The van der Waals surface area contributed by atoms with Crippen molar-refractivity contribution >= 4 is 26.9 Å². The Kier molecular flexibility index (Phi) is 8.12. The van der Waals surface area contributed by atoms with Crippen molar-refractivity contribution in [3.63, 3.8) is 0 Å². The van der Waals surface area contributed by atoms with Crippen LogP contribution < -0.4 is 15.4 Å². The molecule has 0 radical (unpaired) electrons. The Balaban J connectivity index is 1.39. The summed E-state index contributed by atoms with van der Waals surface area (Å²) in [4.78, 5) is 7.59. The average Bonchev–Trinajstić information content (AvgIpc) is 3.07. The average molecular weight is 436 g/mol. The van der Waals surface area contributed by atoms with Crippen LogP contribution in [-0.2, 0) is 21.2 Å². The Morgan fingerprint density at radius 2 is 2.03 bits per heavy atom. The lowest BCUT2D eigenvalue weighted by Crippen LogP contribution is -2.43. The van der Waals surface area contributed by atoms with Crippen molar-refractivity contribution < 1.29 is 13.2 Å². The van der Waals surface area contributed by atoms with E-state index in [0.717, 1.165) is 31.2 Å². The molecule has 1 aliphatic rings. The highest BCUT2D eigenvalue weighted by Gasteiger charge is 2.17. The first-order valence-corrected chi connectivity index (χ1v) is 12.2. The number of aryl methyl sites for hydroxylation is 1. The van der Waals surface area contributed by atoms with Crippen molar-refractivity contribution in [2.75, 3.05) is 39.0 Å². The maximum Gasteiger partial charge on any atom is 0.213 e. The molecule has 0 aliphatic carbocycles. The van der Waals surface area contributed by atoms with Crippen LogP contribution in [0.15, 0.2) is 29.3 Å². The van der Waals surface area contributed by atoms with Gasteiger partial charge in [0.2, 0.25) is 10.0 Å². The maximum absolute atomic E-state index is 12.2. The van der Waals surface area contributed by atoms with Crippen molar-refractivity contribution in [1.82, 2.24) is 20.3 Å². The SMILES string of the molecule is CN=C(NCCc1c(C)[nH]c2ccccc12)NCCS(=O)(=O)NCC1CCCCO1. The predicted molar refractivity (Wildman–Crippen MR) is 121 cm³/mol. The van der Waals surface area contributed by atoms with Gasteiger partial charge in [0.1, 0.15) is 0 Å². The van der Waals surface area contributed by atoms with Crippen LogP contribution in [0.3, 0.4) is 0 Å². The van der Waals surface area contributed by atoms with E-state index in [1.807, 2.05) is 12.1 Å². The van der Waals surface area contributed by atoms with E-state index in [1.54, 1.807) is 7.05 Å². The highest BCUT2D eigenvalue weighted by atomic mass is 32.2. The Morgan fingerprint density at radius 1 is 1.23 bits per heavy atom. The smallest absolute Gasteiger partial charge is 0.213 e. The van der Waals surface area contributed by atoms with Gasteiger partial charge in [-0.1, -0.05) is 18.2 Å². The highest BCUT2D eigenvalue weighted by Crippen LogP contribution is 2.21. The van der Waals surface area contributed by atoms with Crippen molar-refractivity contribution in [3.05, 3.63) is 35.5 Å². The third kappa shape index (κ3) is 6.45. The van der Waals surface area contributed by atoms with Gasteiger partial charge in [0.25, 0.3) is 0 Å². The van der Waals surface area contributed by atoms with Gasteiger partial charge in [-0.3, -0.25) is 4.99 Å². The third-order valence-corrected chi connectivity index (χ3v) is 6.73. The quantitative estimate of drug-likeness (QED) is 0.354. The zero-order chi connectivity index (χ0) is 21.4. The van der Waals surface area contributed by atoms with Gasteiger partial charge in [0, 0.05) is 49.9 Å². The zero-order valence-electron chi connectivity index (χ0n) is 17.8. The number of guanidine groups is 1. The number of aromatic amines is 1. The van der Waals surface area contributed by atoms with Crippen LogP contribution >= 0.6 is 0 Å². The molecule has 1 unspecified atom stereocenters. The summed E-state index contributed by atoms with van der Waals surface area (Å²) in [6.45, 7) is 4.13. The molecule has 30 heavy (non-hydrogen) atoms. The largest absolute Gasteiger partial charge is 0.377 e. The summed E-state index contributed by atoms with van der Waals surface area (Å²) in [6.07, 6.45) is 3.89. The lowest BCUT2D eigenvalue weighted by molar-refractivity contribution is 0.0200. The van der Waals surface area contributed by atoms with Gasteiger partial charge in [-0.25, -0.2) is 13.1 Å². The summed E-state index contributed by atoms with van der Waals surface area (Å²) in [5, 5.41) is 7.57. The van der Waals surface area contributed by atoms with E-state index in [1.165, 1.54) is 16.6 Å². The summed E-state index contributed by atoms with van der Waals surface area (Å²) in [5.74, 6) is 0.584. The highest BCUT2D eigenvalue weighted by molar-refractivity contribution is 7.89. The van der Waals surface area contributed by atoms with Crippen molar-refractivity contribution in [2.24, 2.45) is 4.99 Å². The predicted octanol–water partition coefficient (Wildman–Crippen LogP) is 1.67. The molecule has 1 saturated heterocycles. The lowest BCUT2D eigenvalue weighted by Gasteiger charge is -2.22. The number of nitrogens with one attached hydrogen (secondary N) is 4. The van der Waals surface area contributed by atoms with Crippen LogP contribution in [-0.4, -0.2) is 64.5 Å². The van der Waals surface area contributed by atoms with Crippen LogP contribution in [0.5, 0.6) is 0 Å². The second-order valence-electron chi connectivity index (χ2n) is 7.61. The molecule has 0 spiro atoms. The molecule has 2 heterocycles. The first kappa shape index (κ1) is 22.6. The molecule has 1 aromatic heterocycles. The number of rotatable bonds is 9. The second-order valence-corrected chi connectivity index (χ2v) is 9.53. The first-order chi connectivity index (χ1) is 14.5. The minimum atomic E-state index is -3.35. The molecule has 3 rings (SSSR count). The van der Waals surface area contributed by atoms with Gasteiger partial charge in [0.15, 0.2) is 5.96 Å². The van der Waals surface area contributed by atoms with Crippen LogP contribution in [0.25, 0.3) is 10.9 Å². The topological polar surface area (TPSA) is 108 Å². The molecule has 8 nitrogen and oxygen atoms in total. The molecule has 166 valence electrons. The Hall–Kier alpha value is -2.10. The fourth-order valence-electron chi connectivity index (χ4n) is 3.75. The van der Waals surface area contributed by atoms with Crippen molar-refractivity contribution in [1.29, 1.82) is 0 Å². The van der Waals surface area contributed by atoms with Crippen LogP contribution in [0.1, 0.15) is 30.5 Å². The molecule has 1 fully saturated rings. The van der Waals surface area contributed by atoms with Gasteiger partial charge >= 0.3 is 0 Å². The van der Waals surface area contributed by atoms with E-state index in [4.69, 9.17) is 4.74 Å². The normalized spacial score (nSPS) is 17.9. The molecule has 0 amide bonds. The number of fused-ring (bicyclic) bond motifs is 1. The van der Waals surface area contributed by atoms with E-state index < -0.39 is 10.0 Å². The molecule has 1 aromatic carbocycles. The summed E-state index contributed by atoms with van der Waals surface area (Å²) in [6, 6.07) is 8.27. The number of hydrogen-bond acceptors (Lipinski definition) is 4. The number of H-pyrrole nitrogens is 1. The molecular formula is C21H33N5O3S. The summed E-state index contributed by atoms with van der Waals surface area (Å²) in [7, 11) is -1.67. The fourth-order valence-corrected chi connectivity index (χ4v) is 4.70. The van der Waals surface area contributed by atoms with Crippen LogP contribution in [0.4, 0.5) is 0 Å². The minimum Gasteiger partial charge on any atom is -0.377 e. The molecular weight excluding hydrogens is 402 g/mol. The number of aliphatic imine (C=N–C) groups is 1. The van der Waals surface area contributed by atoms with Gasteiger partial charge in [-0.15, -0.1) is 0 Å². The number of ether oxygens (including phenoxy) is 1. The number of nitrogens with zero attached hydrogens (tertiary/aromatic N) is 1. The molecule has 4 N–H and O–H groups in total. The minimum absolute atomic E-state index is 0.0103. The summed E-state index contributed by atoms with van der Waals surface area (Å²) < 4.78 is 32.6. The number of para-hydroxylation sites is 1. The molecule has 1 atom stereocenters. The fraction of sp³-hybridized carbons (Fsp3) is 0.571. The molecule has 2 aromatic rings. The maximum atomic E-state index is 12.2. The third-order valence-electron chi connectivity index (χ3n) is 5.39. The van der Waals surface area contributed by atoms with E-state index in [9.17, 15) is 8.42 Å². The van der Waals surface area contributed by atoms with E-state index in [-0.39, 0.29) is 18.4 Å². The number of sulfonamides is 1. The molecule has 9 heteroatoms. The number of aromatic nitrogens is 1. The van der Waals surface area contributed by atoms with E-state index in [2.05, 4.69) is 44.4 Å². The van der Waals surface area contributed by atoms with Gasteiger partial charge in [-0.2, -0.15) is 0 Å². The monoisotopic (exact) mass is 435 g/mol. The van der Waals surface area contributed by atoms with E-state index >= 15 is 0 Å². The van der Waals surface area contributed by atoms with E-state index in [0.29, 0.717) is 25.7 Å². The molecule has 0 saturated carbocycles. The summed E-state index contributed by atoms with van der Waals surface area (Å²) in [5.41, 5.74) is 3.59. The summed E-state index contributed by atoms with van der Waals surface area (Å²) >= 11 is 0. The number of hydrogen-bond donors (Lipinski definition) is 4. The molecule has 0 bridgehead atoms. The van der Waals surface area contributed by atoms with Crippen molar-refractivity contribution in [2.45, 2.75) is 38.7 Å². The van der Waals surface area contributed by atoms with Gasteiger partial charge < -0.3 is 20.4 Å². The number of benzene rings is 1. The second kappa shape index (κ2) is 10.8. The zero-order valence-corrected chi connectivity index (χ0v) is 18.6. The standard InChI is InChI=1S/C21H33N5O3S/c1-16-18(19-8-3-4-9-20(19)26-16)10-11-23-21(22-2)24-12-14-30(27,28)25-15-17-7-5-6-13-29-17/h3-4,8-9,17,25-26H,5-7,10-15H2,1-2H3,(H2,22,23,24). The first-order valence-electron chi connectivity index (χ1n) is 10.6. The van der Waals surface area contributed by atoms with Crippen LogP contribution in [0, 0.1) is 6.92 Å². The van der Waals surface area contributed by atoms with Gasteiger partial charge in [-0.05, 0) is 44.2 Å². The lowest BCUT2D eigenvalue weighted by atomic mass is 10.1. The van der Waals surface area contributed by atoms with Crippen LogP contribution in [0.2, 0.25) is 0 Å². The van der Waals surface area contributed by atoms with Gasteiger partial charge in [0.05, 0.1) is 11.9 Å². The Morgan fingerprint density at radius 3 is 2.80 bits per heavy atom.